The minimum absolute atomic E-state index is 0.0252. The highest BCUT2D eigenvalue weighted by Crippen LogP contribution is 2.45. The Labute approximate surface area is 210 Å². The third-order valence-corrected chi connectivity index (χ3v) is 8.06. The summed E-state index contributed by atoms with van der Waals surface area (Å²) in [6.07, 6.45) is 6.73. The number of oxazole rings is 1. The SMILES string of the molecule is Cc1ccc2oc(N[C@H](C(=O)Nc3ccc4c(c3)NC(=O)C43CCOCC3)C3CCCCC3)nc2c1. The molecule has 1 atom stereocenters. The molecule has 188 valence electrons. The molecule has 2 fully saturated rings. The van der Waals surface area contributed by atoms with E-state index >= 15 is 0 Å². The molecule has 1 aromatic heterocycles. The Morgan fingerprint density at radius 1 is 1.11 bits per heavy atom. The molecule has 2 aromatic carbocycles. The van der Waals surface area contributed by atoms with Crippen LogP contribution in [0.3, 0.4) is 0 Å². The maximum Gasteiger partial charge on any atom is 0.296 e. The maximum atomic E-state index is 13.6. The monoisotopic (exact) mass is 488 g/mol. The smallest absolute Gasteiger partial charge is 0.296 e. The number of fused-ring (bicyclic) bond motifs is 3. The van der Waals surface area contributed by atoms with Crippen molar-refractivity contribution in [3.63, 3.8) is 0 Å². The highest BCUT2D eigenvalue weighted by molar-refractivity contribution is 6.07. The Balaban J connectivity index is 1.24. The molecule has 6 rings (SSSR count). The van der Waals surface area contributed by atoms with Crippen LogP contribution in [0.5, 0.6) is 0 Å². The van der Waals surface area contributed by atoms with E-state index in [2.05, 4.69) is 20.9 Å². The van der Waals surface area contributed by atoms with Crippen LogP contribution < -0.4 is 16.0 Å². The fourth-order valence-corrected chi connectivity index (χ4v) is 6.04. The fourth-order valence-electron chi connectivity index (χ4n) is 6.04. The number of hydrogen-bond donors (Lipinski definition) is 3. The zero-order valence-electron chi connectivity index (χ0n) is 20.6. The van der Waals surface area contributed by atoms with Crippen molar-refractivity contribution in [3.05, 3.63) is 47.5 Å². The van der Waals surface area contributed by atoms with Gasteiger partial charge < -0.3 is 25.1 Å². The molecule has 8 nitrogen and oxygen atoms in total. The molecule has 0 radical (unpaired) electrons. The summed E-state index contributed by atoms with van der Waals surface area (Å²) in [4.78, 5) is 31.1. The molecule has 3 aliphatic rings. The van der Waals surface area contributed by atoms with Gasteiger partial charge in [-0.2, -0.15) is 4.98 Å². The summed E-state index contributed by atoms with van der Waals surface area (Å²) in [5.41, 5.74) is 4.50. The molecule has 36 heavy (non-hydrogen) atoms. The van der Waals surface area contributed by atoms with Crippen molar-refractivity contribution in [2.75, 3.05) is 29.2 Å². The fraction of sp³-hybridized carbons (Fsp3) is 0.464. The number of nitrogens with zero attached hydrogens (tertiary/aromatic N) is 1. The van der Waals surface area contributed by atoms with E-state index in [1.165, 1.54) is 6.42 Å². The quantitative estimate of drug-likeness (QED) is 0.459. The van der Waals surface area contributed by atoms with Crippen molar-refractivity contribution in [1.29, 1.82) is 0 Å². The molecule has 0 bridgehead atoms. The zero-order chi connectivity index (χ0) is 24.7. The number of aromatic nitrogens is 1. The number of carbonyl (C=O) groups is 2. The van der Waals surface area contributed by atoms with Gasteiger partial charge in [-0.15, -0.1) is 0 Å². The number of nitrogens with one attached hydrogen (secondary N) is 3. The van der Waals surface area contributed by atoms with Crippen molar-refractivity contribution in [1.82, 2.24) is 4.98 Å². The lowest BCUT2D eigenvalue weighted by Crippen LogP contribution is -2.41. The van der Waals surface area contributed by atoms with E-state index in [1.54, 1.807) is 0 Å². The topological polar surface area (TPSA) is 105 Å². The second-order valence-electron chi connectivity index (χ2n) is 10.4. The molecular formula is C28H32N4O4. The van der Waals surface area contributed by atoms with Crippen LogP contribution in [-0.2, 0) is 19.7 Å². The van der Waals surface area contributed by atoms with E-state index in [-0.39, 0.29) is 17.7 Å². The van der Waals surface area contributed by atoms with E-state index in [4.69, 9.17) is 9.15 Å². The first-order valence-electron chi connectivity index (χ1n) is 13.0. The first kappa shape index (κ1) is 23.0. The van der Waals surface area contributed by atoms with Crippen LogP contribution in [0.4, 0.5) is 17.4 Å². The molecule has 2 aliphatic heterocycles. The third kappa shape index (κ3) is 4.13. The van der Waals surface area contributed by atoms with Gasteiger partial charge in [0.05, 0.1) is 5.41 Å². The summed E-state index contributed by atoms with van der Waals surface area (Å²) in [6.45, 7) is 3.17. The van der Waals surface area contributed by atoms with E-state index < -0.39 is 11.5 Å². The maximum absolute atomic E-state index is 13.6. The number of ether oxygens (including phenoxy) is 1. The van der Waals surface area contributed by atoms with Crippen molar-refractivity contribution >= 4 is 40.3 Å². The summed E-state index contributed by atoms with van der Waals surface area (Å²) in [5.74, 6) is 0.0951. The van der Waals surface area contributed by atoms with Crippen molar-refractivity contribution in [3.8, 4) is 0 Å². The summed E-state index contributed by atoms with van der Waals surface area (Å²) in [5, 5.41) is 9.44. The van der Waals surface area contributed by atoms with Gasteiger partial charge in [-0.1, -0.05) is 31.4 Å². The van der Waals surface area contributed by atoms with Gasteiger partial charge in [0.15, 0.2) is 5.58 Å². The second kappa shape index (κ2) is 9.24. The number of carbonyl (C=O) groups excluding carboxylic acids is 2. The summed E-state index contributed by atoms with van der Waals surface area (Å²) in [7, 11) is 0. The Bertz CT molecular complexity index is 1300. The number of rotatable bonds is 5. The van der Waals surface area contributed by atoms with Crippen molar-refractivity contribution in [2.45, 2.75) is 63.3 Å². The Kier molecular flexibility index (Phi) is 5.91. The van der Waals surface area contributed by atoms with Gasteiger partial charge in [0.25, 0.3) is 6.01 Å². The number of amides is 2. The van der Waals surface area contributed by atoms with E-state index in [1.807, 2.05) is 43.3 Å². The van der Waals surface area contributed by atoms with Gasteiger partial charge in [0.2, 0.25) is 11.8 Å². The van der Waals surface area contributed by atoms with E-state index in [9.17, 15) is 9.59 Å². The lowest BCUT2D eigenvalue weighted by Gasteiger charge is -2.31. The minimum atomic E-state index is -0.520. The van der Waals surface area contributed by atoms with Gasteiger partial charge >= 0.3 is 0 Å². The van der Waals surface area contributed by atoms with Crippen LogP contribution in [-0.4, -0.2) is 36.1 Å². The lowest BCUT2D eigenvalue weighted by molar-refractivity contribution is -0.124. The molecule has 8 heteroatoms. The summed E-state index contributed by atoms with van der Waals surface area (Å²) in [6, 6.07) is 11.5. The molecule has 3 N–H and O–H groups in total. The van der Waals surface area contributed by atoms with Crippen LogP contribution in [0.2, 0.25) is 0 Å². The standard InChI is InChI=1S/C28H32N4O4/c1-17-7-10-23-22(15-17)31-27(36-23)32-24(18-5-3-2-4-6-18)25(33)29-19-8-9-20-21(16-19)30-26(34)28(20)11-13-35-14-12-28/h7-10,15-16,18,24H,2-6,11-14H2,1H3,(H,29,33)(H,30,34)(H,31,32)/t24-/m0/s1. The first-order valence-corrected chi connectivity index (χ1v) is 13.0. The van der Waals surface area contributed by atoms with Crippen LogP contribution in [0.25, 0.3) is 11.1 Å². The molecule has 1 spiro atoms. The molecule has 1 saturated heterocycles. The highest BCUT2D eigenvalue weighted by atomic mass is 16.5. The normalized spacial score (nSPS) is 20.2. The molecule has 0 unspecified atom stereocenters. The summed E-state index contributed by atoms with van der Waals surface area (Å²) < 4.78 is 11.4. The van der Waals surface area contributed by atoms with Gasteiger partial charge in [-0.05, 0) is 73.9 Å². The summed E-state index contributed by atoms with van der Waals surface area (Å²) >= 11 is 0. The third-order valence-electron chi connectivity index (χ3n) is 8.06. The highest BCUT2D eigenvalue weighted by Gasteiger charge is 2.47. The van der Waals surface area contributed by atoms with Crippen LogP contribution >= 0.6 is 0 Å². The number of benzene rings is 2. The number of aryl methyl sites for hydroxylation is 1. The van der Waals surface area contributed by atoms with E-state index in [0.29, 0.717) is 43.3 Å². The van der Waals surface area contributed by atoms with Gasteiger partial charge in [-0.3, -0.25) is 9.59 Å². The van der Waals surface area contributed by atoms with E-state index in [0.717, 1.165) is 48.0 Å². The molecule has 2 amide bonds. The average Bonchev–Trinajstić information content (AvgIpc) is 3.40. The van der Waals surface area contributed by atoms with Crippen LogP contribution in [0, 0.1) is 12.8 Å². The minimum Gasteiger partial charge on any atom is -0.424 e. The molecular weight excluding hydrogens is 456 g/mol. The average molecular weight is 489 g/mol. The molecule has 3 aromatic rings. The van der Waals surface area contributed by atoms with Crippen molar-refractivity contribution in [2.24, 2.45) is 5.92 Å². The van der Waals surface area contributed by atoms with Gasteiger partial charge in [0, 0.05) is 24.6 Å². The first-order chi connectivity index (χ1) is 17.5. The second-order valence-corrected chi connectivity index (χ2v) is 10.4. The Hall–Kier alpha value is -3.39. The Morgan fingerprint density at radius 2 is 1.92 bits per heavy atom. The Morgan fingerprint density at radius 3 is 2.72 bits per heavy atom. The number of hydrogen-bond acceptors (Lipinski definition) is 6. The predicted molar refractivity (Wildman–Crippen MR) is 138 cm³/mol. The van der Waals surface area contributed by atoms with Gasteiger partial charge in [0.1, 0.15) is 11.6 Å². The van der Waals surface area contributed by atoms with Crippen LogP contribution in [0.1, 0.15) is 56.1 Å². The lowest BCUT2D eigenvalue weighted by atomic mass is 9.75. The molecule has 3 heterocycles. The van der Waals surface area contributed by atoms with Crippen molar-refractivity contribution < 1.29 is 18.7 Å². The number of anilines is 3. The molecule has 1 aliphatic carbocycles. The van der Waals surface area contributed by atoms with Gasteiger partial charge in [-0.25, -0.2) is 0 Å². The molecule has 1 saturated carbocycles. The van der Waals surface area contributed by atoms with Crippen LogP contribution in [0.15, 0.2) is 40.8 Å². The zero-order valence-corrected chi connectivity index (χ0v) is 20.6. The largest absolute Gasteiger partial charge is 0.424 e. The predicted octanol–water partition coefficient (Wildman–Crippen LogP) is 5.14.